The van der Waals surface area contributed by atoms with Crippen LogP contribution in [-0.4, -0.2) is 21.1 Å². The molecule has 0 saturated carbocycles. The first-order valence-corrected chi connectivity index (χ1v) is 3.99. The molecule has 0 unspecified atom stereocenters. The van der Waals surface area contributed by atoms with Crippen LogP contribution in [0.5, 0.6) is 0 Å². The zero-order valence-corrected chi connectivity index (χ0v) is 6.65. The molecule has 0 fully saturated rings. The zero-order chi connectivity index (χ0) is 6.95. The minimum Gasteiger partial charge on any atom is -0.381 e. The van der Waals surface area contributed by atoms with Crippen LogP contribution < -0.4 is 0 Å². The summed E-state index contributed by atoms with van der Waals surface area (Å²) in [6.45, 7) is 4.03. The Balaban J connectivity index is 2.60. The maximum Gasteiger partial charge on any atom is 0.101 e. The zero-order valence-electron chi connectivity index (χ0n) is 6.65. The van der Waals surface area contributed by atoms with Crippen LogP contribution in [-0.2, 0) is 4.74 Å². The van der Waals surface area contributed by atoms with Crippen LogP contribution in [0.4, 0.5) is 0 Å². The second-order valence-electron chi connectivity index (χ2n) is 2.32. The molecule has 0 aliphatic rings. The number of hydrogen-bond acceptors (Lipinski definition) is 1. The molecular formula is C7H17BO. The van der Waals surface area contributed by atoms with Gasteiger partial charge >= 0.3 is 0 Å². The van der Waals surface area contributed by atoms with Crippen LogP contribution in [0.25, 0.3) is 0 Å². The molecule has 0 amide bonds. The summed E-state index contributed by atoms with van der Waals surface area (Å²) in [5.74, 6) is 0. The fourth-order valence-electron chi connectivity index (χ4n) is 0.701. The maximum atomic E-state index is 5.28. The molecule has 0 aromatic carbocycles. The Labute approximate surface area is 59.2 Å². The largest absolute Gasteiger partial charge is 0.381 e. The molecule has 0 saturated heterocycles. The van der Waals surface area contributed by atoms with Crippen molar-refractivity contribution in [2.75, 3.05) is 13.2 Å². The summed E-state index contributed by atoms with van der Waals surface area (Å²) < 4.78 is 5.28. The Hall–Kier alpha value is 0.0249. The normalized spacial score (nSPS) is 9.89. The molecule has 2 heteroatoms. The molecule has 0 rings (SSSR count). The van der Waals surface area contributed by atoms with Gasteiger partial charge in [0.1, 0.15) is 7.85 Å². The van der Waals surface area contributed by atoms with Crippen molar-refractivity contribution in [1.29, 1.82) is 0 Å². The monoisotopic (exact) mass is 128 g/mol. The Kier molecular flexibility index (Phi) is 8.05. The molecule has 9 heavy (non-hydrogen) atoms. The first-order chi connectivity index (χ1) is 4.41. The van der Waals surface area contributed by atoms with Crippen molar-refractivity contribution in [3.05, 3.63) is 0 Å². The van der Waals surface area contributed by atoms with Gasteiger partial charge in [0.05, 0.1) is 0 Å². The smallest absolute Gasteiger partial charge is 0.101 e. The summed E-state index contributed by atoms with van der Waals surface area (Å²) in [6, 6.07) is 0. The standard InChI is InChI=1S/C7H17BO/c1-2-6-9-7-4-3-5-8/h2-8H2,1H3. The van der Waals surface area contributed by atoms with Crippen LogP contribution >= 0.6 is 0 Å². The first-order valence-electron chi connectivity index (χ1n) is 3.99. The highest BCUT2D eigenvalue weighted by Gasteiger charge is 1.84. The lowest BCUT2D eigenvalue weighted by Crippen LogP contribution is -1.94. The lowest BCUT2D eigenvalue weighted by Gasteiger charge is -1.99. The predicted molar refractivity (Wildman–Crippen MR) is 43.7 cm³/mol. The lowest BCUT2D eigenvalue weighted by atomic mass is 10.0. The summed E-state index contributed by atoms with van der Waals surface area (Å²) in [5, 5.41) is 0. The van der Waals surface area contributed by atoms with Gasteiger partial charge in [0.25, 0.3) is 0 Å². The number of unbranched alkanes of at least 4 members (excludes halogenated alkanes) is 1. The Morgan fingerprint density at radius 3 is 2.56 bits per heavy atom. The minimum atomic E-state index is 0.934. The van der Waals surface area contributed by atoms with E-state index in [0.717, 1.165) is 19.6 Å². The van der Waals surface area contributed by atoms with Gasteiger partial charge in [0, 0.05) is 13.2 Å². The average Bonchev–Trinajstić information content (AvgIpc) is 1.89. The highest BCUT2D eigenvalue weighted by atomic mass is 16.5. The lowest BCUT2D eigenvalue weighted by molar-refractivity contribution is 0.132. The number of hydrogen-bond donors (Lipinski definition) is 0. The van der Waals surface area contributed by atoms with Gasteiger partial charge in [0.2, 0.25) is 0 Å². The molecule has 0 N–H and O–H groups in total. The van der Waals surface area contributed by atoms with Gasteiger partial charge in [-0.25, -0.2) is 0 Å². The van der Waals surface area contributed by atoms with Gasteiger partial charge in [-0.3, -0.25) is 0 Å². The van der Waals surface area contributed by atoms with Crippen molar-refractivity contribution >= 4 is 7.85 Å². The summed E-state index contributed by atoms with van der Waals surface area (Å²) in [6.07, 6.45) is 4.97. The topological polar surface area (TPSA) is 9.23 Å². The van der Waals surface area contributed by atoms with E-state index < -0.39 is 0 Å². The van der Waals surface area contributed by atoms with Gasteiger partial charge in [-0.2, -0.15) is 0 Å². The first kappa shape index (κ1) is 9.02. The number of ether oxygens (including phenoxy) is 1. The van der Waals surface area contributed by atoms with Crippen LogP contribution in [0.1, 0.15) is 26.2 Å². The Morgan fingerprint density at radius 1 is 1.22 bits per heavy atom. The van der Waals surface area contributed by atoms with Crippen molar-refractivity contribution in [3.8, 4) is 0 Å². The maximum absolute atomic E-state index is 5.28. The SMILES string of the molecule is BCCCCOCCC. The fourth-order valence-corrected chi connectivity index (χ4v) is 0.701. The predicted octanol–water partition coefficient (Wildman–Crippen LogP) is 1.24. The molecule has 1 nitrogen and oxygen atoms in total. The van der Waals surface area contributed by atoms with E-state index in [1.165, 1.54) is 19.2 Å². The molecule has 0 aliphatic carbocycles. The van der Waals surface area contributed by atoms with Crippen molar-refractivity contribution in [2.45, 2.75) is 32.5 Å². The molecule has 0 atom stereocenters. The van der Waals surface area contributed by atoms with Gasteiger partial charge in [-0.15, -0.1) is 0 Å². The van der Waals surface area contributed by atoms with Crippen LogP contribution in [0.3, 0.4) is 0 Å². The Morgan fingerprint density at radius 2 is 2.00 bits per heavy atom. The van der Waals surface area contributed by atoms with E-state index in [9.17, 15) is 0 Å². The molecule has 0 aliphatic heterocycles. The molecule has 0 aromatic heterocycles. The molecule has 0 aromatic rings. The summed E-state index contributed by atoms with van der Waals surface area (Å²) in [4.78, 5) is 0. The third-order valence-electron chi connectivity index (χ3n) is 1.24. The summed E-state index contributed by atoms with van der Waals surface area (Å²) in [5.41, 5.74) is 0. The highest BCUT2D eigenvalue weighted by Crippen LogP contribution is 1.93. The molecule has 0 radical (unpaired) electrons. The van der Waals surface area contributed by atoms with E-state index in [-0.39, 0.29) is 0 Å². The van der Waals surface area contributed by atoms with Crippen LogP contribution in [0, 0.1) is 0 Å². The van der Waals surface area contributed by atoms with Crippen molar-refractivity contribution in [1.82, 2.24) is 0 Å². The van der Waals surface area contributed by atoms with E-state index in [1.54, 1.807) is 0 Å². The summed E-state index contributed by atoms with van der Waals surface area (Å²) >= 11 is 0. The van der Waals surface area contributed by atoms with Gasteiger partial charge in [-0.1, -0.05) is 19.7 Å². The van der Waals surface area contributed by atoms with E-state index in [4.69, 9.17) is 4.74 Å². The molecule has 0 heterocycles. The fraction of sp³-hybridized carbons (Fsp3) is 1.00. The average molecular weight is 128 g/mol. The van der Waals surface area contributed by atoms with Gasteiger partial charge in [-0.05, 0) is 12.8 Å². The molecule has 0 spiro atoms. The van der Waals surface area contributed by atoms with Crippen molar-refractivity contribution in [2.24, 2.45) is 0 Å². The van der Waals surface area contributed by atoms with Crippen LogP contribution in [0.2, 0.25) is 6.32 Å². The van der Waals surface area contributed by atoms with E-state index in [1.807, 2.05) is 0 Å². The van der Waals surface area contributed by atoms with E-state index >= 15 is 0 Å². The van der Waals surface area contributed by atoms with Crippen LogP contribution in [0.15, 0.2) is 0 Å². The van der Waals surface area contributed by atoms with E-state index in [0.29, 0.717) is 0 Å². The van der Waals surface area contributed by atoms with Crippen molar-refractivity contribution < 1.29 is 4.74 Å². The highest BCUT2D eigenvalue weighted by molar-refractivity contribution is 6.08. The molecular weight excluding hydrogens is 111 g/mol. The third kappa shape index (κ3) is 8.02. The molecule has 54 valence electrons. The van der Waals surface area contributed by atoms with Crippen molar-refractivity contribution in [3.63, 3.8) is 0 Å². The second kappa shape index (κ2) is 8.02. The van der Waals surface area contributed by atoms with Gasteiger partial charge < -0.3 is 4.74 Å². The second-order valence-corrected chi connectivity index (χ2v) is 2.32. The minimum absolute atomic E-state index is 0.934. The molecule has 0 bridgehead atoms. The van der Waals surface area contributed by atoms with Gasteiger partial charge in [0.15, 0.2) is 0 Å². The quantitative estimate of drug-likeness (QED) is 0.386. The van der Waals surface area contributed by atoms with E-state index in [2.05, 4.69) is 14.8 Å². The number of rotatable bonds is 6. The Bertz CT molecular complexity index is 42.2. The third-order valence-corrected chi connectivity index (χ3v) is 1.24. The summed E-state index contributed by atoms with van der Waals surface area (Å²) in [7, 11) is 2.21.